The molecule has 1 aromatic heterocycles. The quantitative estimate of drug-likeness (QED) is 0.638. The third-order valence-electron chi connectivity index (χ3n) is 2.35. The zero-order valence-electron chi connectivity index (χ0n) is 9.56. The summed E-state index contributed by atoms with van der Waals surface area (Å²) in [6, 6.07) is 6.41. The summed E-state index contributed by atoms with van der Waals surface area (Å²) in [5.74, 6) is -0.214. The fourth-order valence-electron chi connectivity index (χ4n) is 1.50. The number of Topliss-reactive ketones (excluding diaryl/α,β-unsaturated/α-hetero) is 1. The number of hydrogen-bond donors (Lipinski definition) is 0. The average Bonchev–Trinajstić information content (AvgIpc) is 2.68. The van der Waals surface area contributed by atoms with Gasteiger partial charge in [-0.25, -0.2) is 4.39 Å². The highest BCUT2D eigenvalue weighted by atomic mass is 79.9. The van der Waals surface area contributed by atoms with E-state index in [4.69, 9.17) is 0 Å². The van der Waals surface area contributed by atoms with Crippen LogP contribution in [0, 0.1) is 5.82 Å². The number of carbonyl (C=O) groups is 1. The molecule has 0 N–H and O–H groups in total. The standard InChI is InChI=1S/C12H10BrFN2OS/c1-16-12(8(13)6-15-16)10(17)7-18-11-5-3-2-4-9(11)14/h2-6H,7H2,1H3. The first-order valence-corrected chi connectivity index (χ1v) is 6.95. The zero-order chi connectivity index (χ0) is 13.1. The Balaban J connectivity index is 2.08. The summed E-state index contributed by atoms with van der Waals surface area (Å²) in [6.07, 6.45) is 1.57. The summed E-state index contributed by atoms with van der Waals surface area (Å²) in [4.78, 5) is 12.5. The normalized spacial score (nSPS) is 10.6. The summed E-state index contributed by atoms with van der Waals surface area (Å²) in [5.41, 5.74) is 0.499. The molecule has 0 aliphatic heterocycles. The molecule has 0 spiro atoms. The molecule has 2 aromatic rings. The lowest BCUT2D eigenvalue weighted by Gasteiger charge is -2.03. The van der Waals surface area contributed by atoms with Crippen molar-refractivity contribution in [3.8, 4) is 0 Å². The number of benzene rings is 1. The predicted octanol–water partition coefficient (Wildman–Crippen LogP) is 3.30. The van der Waals surface area contributed by atoms with E-state index in [1.807, 2.05) is 0 Å². The van der Waals surface area contributed by atoms with Crippen LogP contribution in [0.2, 0.25) is 0 Å². The SMILES string of the molecule is Cn1ncc(Br)c1C(=O)CSc1ccccc1F. The Bertz CT molecular complexity index is 566. The van der Waals surface area contributed by atoms with E-state index in [2.05, 4.69) is 21.0 Å². The van der Waals surface area contributed by atoms with Gasteiger partial charge in [-0.15, -0.1) is 11.8 Å². The third-order valence-corrected chi connectivity index (χ3v) is 3.98. The molecule has 0 radical (unpaired) electrons. The number of ketones is 1. The second-order valence-electron chi connectivity index (χ2n) is 3.61. The van der Waals surface area contributed by atoms with Gasteiger partial charge < -0.3 is 0 Å². The van der Waals surface area contributed by atoms with Gasteiger partial charge in [-0.05, 0) is 28.1 Å². The molecule has 0 bridgehead atoms. The lowest BCUT2D eigenvalue weighted by Crippen LogP contribution is -2.10. The molecule has 1 aromatic carbocycles. The smallest absolute Gasteiger partial charge is 0.192 e. The van der Waals surface area contributed by atoms with Crippen LogP contribution in [-0.4, -0.2) is 21.3 Å². The van der Waals surface area contributed by atoms with E-state index in [9.17, 15) is 9.18 Å². The molecular weight excluding hydrogens is 319 g/mol. The Hall–Kier alpha value is -1.14. The second kappa shape index (κ2) is 5.67. The number of hydrogen-bond acceptors (Lipinski definition) is 3. The van der Waals surface area contributed by atoms with Gasteiger partial charge in [-0.2, -0.15) is 5.10 Å². The lowest BCUT2D eigenvalue weighted by atomic mass is 10.3. The van der Waals surface area contributed by atoms with Crippen molar-refractivity contribution in [3.63, 3.8) is 0 Å². The van der Waals surface area contributed by atoms with Gasteiger partial charge >= 0.3 is 0 Å². The molecule has 2 rings (SSSR count). The van der Waals surface area contributed by atoms with Crippen molar-refractivity contribution in [1.29, 1.82) is 0 Å². The molecule has 0 amide bonds. The lowest BCUT2D eigenvalue weighted by molar-refractivity contribution is 0.101. The maximum Gasteiger partial charge on any atom is 0.192 e. The van der Waals surface area contributed by atoms with Gasteiger partial charge in [0.15, 0.2) is 5.78 Å². The Morgan fingerprint density at radius 3 is 2.83 bits per heavy atom. The largest absolute Gasteiger partial charge is 0.291 e. The Morgan fingerprint density at radius 1 is 1.50 bits per heavy atom. The number of thioether (sulfide) groups is 1. The van der Waals surface area contributed by atoms with E-state index in [0.29, 0.717) is 15.1 Å². The van der Waals surface area contributed by atoms with E-state index in [0.717, 1.165) is 0 Å². The van der Waals surface area contributed by atoms with Crippen LogP contribution >= 0.6 is 27.7 Å². The summed E-state index contributed by atoms with van der Waals surface area (Å²) in [6.45, 7) is 0. The maximum absolute atomic E-state index is 13.4. The molecule has 18 heavy (non-hydrogen) atoms. The highest BCUT2D eigenvalue weighted by Gasteiger charge is 2.16. The molecular formula is C12H10BrFN2OS. The minimum Gasteiger partial charge on any atom is -0.291 e. The van der Waals surface area contributed by atoms with Gasteiger partial charge in [0.25, 0.3) is 0 Å². The van der Waals surface area contributed by atoms with Crippen LogP contribution in [0.5, 0.6) is 0 Å². The molecule has 0 atom stereocenters. The predicted molar refractivity (Wildman–Crippen MR) is 72.4 cm³/mol. The highest BCUT2D eigenvalue weighted by molar-refractivity contribution is 9.10. The van der Waals surface area contributed by atoms with Crippen LogP contribution in [0.1, 0.15) is 10.5 Å². The fraction of sp³-hybridized carbons (Fsp3) is 0.167. The average molecular weight is 329 g/mol. The summed E-state index contributed by atoms with van der Waals surface area (Å²) in [5, 5.41) is 3.98. The number of aromatic nitrogens is 2. The fourth-order valence-corrected chi connectivity index (χ4v) is 2.87. The van der Waals surface area contributed by atoms with Crippen LogP contribution in [0.4, 0.5) is 4.39 Å². The van der Waals surface area contributed by atoms with E-state index in [1.54, 1.807) is 31.4 Å². The van der Waals surface area contributed by atoms with Crippen molar-refractivity contribution in [2.24, 2.45) is 7.05 Å². The van der Waals surface area contributed by atoms with E-state index in [-0.39, 0.29) is 17.4 Å². The molecule has 0 aliphatic rings. The van der Waals surface area contributed by atoms with Crippen molar-refractivity contribution < 1.29 is 9.18 Å². The number of rotatable bonds is 4. The second-order valence-corrected chi connectivity index (χ2v) is 5.48. The van der Waals surface area contributed by atoms with Crippen molar-refractivity contribution in [1.82, 2.24) is 9.78 Å². The molecule has 0 fully saturated rings. The molecule has 0 saturated heterocycles. The summed E-state index contributed by atoms with van der Waals surface area (Å²) >= 11 is 4.46. The van der Waals surface area contributed by atoms with Gasteiger partial charge in [0.2, 0.25) is 0 Å². The van der Waals surface area contributed by atoms with Crippen LogP contribution in [0.15, 0.2) is 39.8 Å². The molecule has 94 valence electrons. The maximum atomic E-state index is 13.4. The Kier molecular flexibility index (Phi) is 4.19. The van der Waals surface area contributed by atoms with E-state index >= 15 is 0 Å². The van der Waals surface area contributed by atoms with Crippen molar-refractivity contribution in [2.75, 3.05) is 5.75 Å². The van der Waals surface area contributed by atoms with Gasteiger partial charge in [-0.3, -0.25) is 9.48 Å². The topological polar surface area (TPSA) is 34.9 Å². The molecule has 0 saturated carbocycles. The van der Waals surface area contributed by atoms with E-state index in [1.165, 1.54) is 22.5 Å². The number of aryl methyl sites for hydroxylation is 1. The van der Waals surface area contributed by atoms with Crippen molar-refractivity contribution in [3.05, 3.63) is 46.4 Å². The van der Waals surface area contributed by atoms with Gasteiger partial charge in [0, 0.05) is 11.9 Å². The number of nitrogens with zero attached hydrogens (tertiary/aromatic N) is 2. The summed E-state index contributed by atoms with van der Waals surface area (Å²) < 4.78 is 15.5. The zero-order valence-corrected chi connectivity index (χ0v) is 12.0. The van der Waals surface area contributed by atoms with E-state index < -0.39 is 0 Å². The third kappa shape index (κ3) is 2.81. The Morgan fingerprint density at radius 2 is 2.22 bits per heavy atom. The van der Waals surface area contributed by atoms with Gasteiger partial charge in [-0.1, -0.05) is 12.1 Å². The number of halogens is 2. The minimum atomic E-state index is -0.306. The Labute approximate surface area is 117 Å². The molecule has 0 unspecified atom stereocenters. The summed E-state index contributed by atoms with van der Waals surface area (Å²) in [7, 11) is 1.70. The first-order chi connectivity index (χ1) is 8.59. The molecule has 6 heteroatoms. The van der Waals surface area contributed by atoms with Gasteiger partial charge in [0.1, 0.15) is 11.5 Å². The minimum absolute atomic E-state index is 0.0878. The van der Waals surface area contributed by atoms with Crippen molar-refractivity contribution >= 4 is 33.5 Å². The molecule has 1 heterocycles. The first kappa shape index (κ1) is 13.3. The highest BCUT2D eigenvalue weighted by Crippen LogP contribution is 2.24. The monoisotopic (exact) mass is 328 g/mol. The van der Waals surface area contributed by atoms with Crippen LogP contribution < -0.4 is 0 Å². The van der Waals surface area contributed by atoms with Crippen LogP contribution in [-0.2, 0) is 7.05 Å². The van der Waals surface area contributed by atoms with Crippen LogP contribution in [0.3, 0.4) is 0 Å². The van der Waals surface area contributed by atoms with Crippen LogP contribution in [0.25, 0.3) is 0 Å². The van der Waals surface area contributed by atoms with Crippen molar-refractivity contribution in [2.45, 2.75) is 4.90 Å². The molecule has 3 nitrogen and oxygen atoms in total. The number of carbonyl (C=O) groups excluding carboxylic acids is 1. The first-order valence-electron chi connectivity index (χ1n) is 5.17. The molecule has 0 aliphatic carbocycles. The van der Waals surface area contributed by atoms with Gasteiger partial charge in [0.05, 0.1) is 16.4 Å².